The van der Waals surface area contributed by atoms with Gasteiger partial charge < -0.3 is 18.9 Å². The van der Waals surface area contributed by atoms with E-state index in [2.05, 4.69) is 15.1 Å². The molecule has 0 aromatic carbocycles. The number of pyridine rings is 1. The third-order valence-electron chi connectivity index (χ3n) is 5.37. The summed E-state index contributed by atoms with van der Waals surface area (Å²) >= 11 is 0. The van der Waals surface area contributed by atoms with Crippen LogP contribution in [0.5, 0.6) is 5.88 Å². The summed E-state index contributed by atoms with van der Waals surface area (Å²) in [5, 5.41) is 4.19. The second-order valence-electron chi connectivity index (χ2n) is 7.03. The van der Waals surface area contributed by atoms with Crippen molar-refractivity contribution in [1.29, 1.82) is 0 Å². The Bertz CT molecular complexity index is 762. The first-order chi connectivity index (χ1) is 13.2. The van der Waals surface area contributed by atoms with Gasteiger partial charge in [0.1, 0.15) is 0 Å². The summed E-state index contributed by atoms with van der Waals surface area (Å²) in [7, 11) is 1.56. The highest BCUT2D eigenvalue weighted by molar-refractivity contribution is 5.94. The quantitative estimate of drug-likeness (QED) is 0.814. The Labute approximate surface area is 157 Å². The molecule has 0 radical (unpaired) electrons. The molecule has 2 aliphatic rings. The van der Waals surface area contributed by atoms with Crippen molar-refractivity contribution >= 4 is 5.91 Å². The van der Waals surface area contributed by atoms with E-state index in [4.69, 9.17) is 14.0 Å². The Kier molecular flexibility index (Phi) is 5.33. The van der Waals surface area contributed by atoms with Crippen molar-refractivity contribution in [2.24, 2.45) is 0 Å². The Morgan fingerprint density at radius 3 is 2.59 bits per heavy atom. The van der Waals surface area contributed by atoms with Gasteiger partial charge in [-0.3, -0.25) is 4.79 Å². The smallest absolute Gasteiger partial charge is 0.255 e. The van der Waals surface area contributed by atoms with Gasteiger partial charge in [0.05, 0.1) is 12.7 Å². The molecule has 4 rings (SSSR count). The molecule has 0 atom stereocenters. The molecule has 8 heteroatoms. The van der Waals surface area contributed by atoms with E-state index in [0.717, 1.165) is 44.7 Å². The molecule has 2 fully saturated rings. The fraction of sp³-hybridized carbons (Fsp3) is 0.579. The highest BCUT2D eigenvalue weighted by atomic mass is 16.5. The number of amides is 1. The molecule has 0 N–H and O–H groups in total. The van der Waals surface area contributed by atoms with Gasteiger partial charge in [-0.05, 0) is 31.7 Å². The third-order valence-corrected chi connectivity index (χ3v) is 5.37. The third kappa shape index (κ3) is 3.95. The Hall–Kier alpha value is -2.48. The average Bonchev–Trinajstić information content (AvgIpc) is 3.24. The second kappa shape index (κ2) is 8.04. The highest BCUT2D eigenvalue weighted by Gasteiger charge is 2.29. The zero-order valence-electron chi connectivity index (χ0n) is 15.5. The van der Waals surface area contributed by atoms with E-state index in [1.807, 2.05) is 4.90 Å². The van der Waals surface area contributed by atoms with Gasteiger partial charge >= 0.3 is 0 Å². The van der Waals surface area contributed by atoms with Gasteiger partial charge in [-0.1, -0.05) is 5.16 Å². The van der Waals surface area contributed by atoms with E-state index in [1.165, 1.54) is 0 Å². The van der Waals surface area contributed by atoms with Crippen LogP contribution in [0.3, 0.4) is 0 Å². The number of rotatable bonds is 4. The van der Waals surface area contributed by atoms with Crippen LogP contribution in [0.1, 0.15) is 59.6 Å². The second-order valence-corrected chi connectivity index (χ2v) is 7.03. The predicted molar refractivity (Wildman–Crippen MR) is 95.8 cm³/mol. The number of carbonyl (C=O) groups excluding carboxylic acids is 1. The Balaban J connectivity index is 1.34. The van der Waals surface area contributed by atoms with Gasteiger partial charge in [0, 0.05) is 50.4 Å². The standard InChI is InChI=1S/C19H24N4O4/c1-25-16-3-2-15(12-20-16)19(24)23-8-4-14(5-9-23)18-21-17(22-27-18)13-6-10-26-11-7-13/h2-3,12-14H,4-11H2,1H3. The van der Waals surface area contributed by atoms with Crippen molar-refractivity contribution < 1.29 is 18.8 Å². The minimum absolute atomic E-state index is 0.00275. The predicted octanol–water partition coefficient (Wildman–Crippen LogP) is 2.39. The number of aromatic nitrogens is 3. The molecule has 27 heavy (non-hydrogen) atoms. The van der Waals surface area contributed by atoms with E-state index in [1.54, 1.807) is 25.4 Å². The molecule has 144 valence electrons. The van der Waals surface area contributed by atoms with Gasteiger partial charge in [-0.25, -0.2) is 4.98 Å². The highest BCUT2D eigenvalue weighted by Crippen LogP contribution is 2.30. The SMILES string of the molecule is COc1ccc(C(=O)N2CCC(c3nc(C4CCOCC4)no3)CC2)cn1. The average molecular weight is 372 g/mol. The molecule has 0 saturated carbocycles. The summed E-state index contributed by atoms with van der Waals surface area (Å²) in [5.74, 6) is 2.55. The summed E-state index contributed by atoms with van der Waals surface area (Å²) in [5.41, 5.74) is 0.578. The fourth-order valence-corrected chi connectivity index (χ4v) is 3.67. The van der Waals surface area contributed by atoms with Crippen LogP contribution in [0.2, 0.25) is 0 Å². The lowest BCUT2D eigenvalue weighted by Crippen LogP contribution is -2.38. The molecule has 0 unspecified atom stereocenters. The van der Waals surface area contributed by atoms with E-state index >= 15 is 0 Å². The topological polar surface area (TPSA) is 90.6 Å². The molecule has 4 heterocycles. The monoisotopic (exact) mass is 372 g/mol. The van der Waals surface area contributed by atoms with Crippen molar-refractivity contribution in [2.75, 3.05) is 33.4 Å². The lowest BCUT2D eigenvalue weighted by atomic mass is 9.96. The van der Waals surface area contributed by atoms with Crippen LogP contribution in [-0.2, 0) is 4.74 Å². The molecule has 2 aromatic rings. The number of hydrogen-bond donors (Lipinski definition) is 0. The van der Waals surface area contributed by atoms with Crippen LogP contribution in [0.25, 0.3) is 0 Å². The molecule has 2 saturated heterocycles. The van der Waals surface area contributed by atoms with Crippen LogP contribution in [0.4, 0.5) is 0 Å². The van der Waals surface area contributed by atoms with Gasteiger partial charge in [-0.2, -0.15) is 4.98 Å². The summed E-state index contributed by atoms with van der Waals surface area (Å²) in [6.45, 7) is 2.86. The molecule has 2 aliphatic heterocycles. The van der Waals surface area contributed by atoms with Gasteiger partial charge in [0.2, 0.25) is 11.8 Å². The zero-order valence-corrected chi connectivity index (χ0v) is 15.5. The van der Waals surface area contributed by atoms with Crippen molar-refractivity contribution in [3.05, 3.63) is 35.6 Å². The largest absolute Gasteiger partial charge is 0.481 e. The number of piperidine rings is 1. The number of carbonyl (C=O) groups is 1. The van der Waals surface area contributed by atoms with Crippen LogP contribution < -0.4 is 4.74 Å². The summed E-state index contributed by atoms with van der Waals surface area (Å²) in [6, 6.07) is 3.45. The van der Waals surface area contributed by atoms with Gasteiger partial charge in [-0.15, -0.1) is 0 Å². The van der Waals surface area contributed by atoms with E-state index in [0.29, 0.717) is 36.3 Å². The summed E-state index contributed by atoms with van der Waals surface area (Å²) in [4.78, 5) is 23.2. The zero-order chi connectivity index (χ0) is 18.6. The molecule has 1 amide bonds. The van der Waals surface area contributed by atoms with Crippen LogP contribution in [-0.4, -0.2) is 59.3 Å². The first-order valence-corrected chi connectivity index (χ1v) is 9.45. The number of hydrogen-bond acceptors (Lipinski definition) is 7. The van der Waals surface area contributed by atoms with E-state index in [9.17, 15) is 4.79 Å². The van der Waals surface area contributed by atoms with Crippen LogP contribution in [0, 0.1) is 0 Å². The van der Waals surface area contributed by atoms with Gasteiger partial charge in [0.15, 0.2) is 5.82 Å². The van der Waals surface area contributed by atoms with Crippen LogP contribution >= 0.6 is 0 Å². The Morgan fingerprint density at radius 2 is 1.93 bits per heavy atom. The van der Waals surface area contributed by atoms with E-state index < -0.39 is 0 Å². The van der Waals surface area contributed by atoms with Gasteiger partial charge in [0.25, 0.3) is 5.91 Å². The first kappa shape index (κ1) is 17.9. The maximum Gasteiger partial charge on any atom is 0.255 e. The van der Waals surface area contributed by atoms with Crippen LogP contribution in [0.15, 0.2) is 22.9 Å². The summed E-state index contributed by atoms with van der Waals surface area (Å²) < 4.78 is 16.0. The number of nitrogens with zero attached hydrogens (tertiary/aromatic N) is 4. The molecule has 0 bridgehead atoms. The molecular formula is C19H24N4O4. The number of likely N-dealkylation sites (tertiary alicyclic amines) is 1. The lowest BCUT2D eigenvalue weighted by molar-refractivity contribution is 0.0704. The normalized spacial score (nSPS) is 19.2. The number of methoxy groups -OCH3 is 1. The Morgan fingerprint density at radius 1 is 1.15 bits per heavy atom. The molecule has 0 aliphatic carbocycles. The molecule has 8 nitrogen and oxygen atoms in total. The van der Waals surface area contributed by atoms with Crippen molar-refractivity contribution in [2.45, 2.75) is 37.5 Å². The molecular weight excluding hydrogens is 348 g/mol. The lowest BCUT2D eigenvalue weighted by Gasteiger charge is -2.30. The van der Waals surface area contributed by atoms with Crippen molar-refractivity contribution in [1.82, 2.24) is 20.0 Å². The summed E-state index contributed by atoms with van der Waals surface area (Å²) in [6.07, 6.45) is 5.10. The minimum Gasteiger partial charge on any atom is -0.481 e. The maximum absolute atomic E-state index is 12.6. The van der Waals surface area contributed by atoms with Crippen molar-refractivity contribution in [3.8, 4) is 5.88 Å². The molecule has 0 spiro atoms. The first-order valence-electron chi connectivity index (χ1n) is 9.45. The van der Waals surface area contributed by atoms with Crippen molar-refractivity contribution in [3.63, 3.8) is 0 Å². The number of ether oxygens (including phenoxy) is 2. The molecule has 2 aromatic heterocycles. The van der Waals surface area contributed by atoms with E-state index in [-0.39, 0.29) is 11.8 Å². The fourth-order valence-electron chi connectivity index (χ4n) is 3.67. The maximum atomic E-state index is 12.6. The minimum atomic E-state index is -0.00275.